The quantitative estimate of drug-likeness (QED) is 0.769. The lowest BCUT2D eigenvalue weighted by molar-refractivity contribution is -0.124. The van der Waals surface area contributed by atoms with Gasteiger partial charge in [0.15, 0.2) is 0 Å². The fourth-order valence-corrected chi connectivity index (χ4v) is 2.20. The van der Waals surface area contributed by atoms with Crippen molar-refractivity contribution in [2.75, 3.05) is 13.2 Å². The topological polar surface area (TPSA) is 64.3 Å². The van der Waals surface area contributed by atoms with Crippen LogP contribution in [-0.4, -0.2) is 19.1 Å². The molecular weight excluding hydrogens is 324 g/mol. The second kappa shape index (κ2) is 10.7. The Morgan fingerprint density at radius 2 is 1.67 bits per heavy atom. The Bertz CT molecular complexity index is 593. The van der Waals surface area contributed by atoms with Gasteiger partial charge in [-0.3, -0.25) is 4.79 Å². The summed E-state index contributed by atoms with van der Waals surface area (Å²) in [5.74, 6) is 0.723. The number of nitrogens with two attached hydrogens (primary N) is 1. The van der Waals surface area contributed by atoms with Gasteiger partial charge in [0.2, 0.25) is 5.91 Å². The number of nitrogens with one attached hydrogen (secondary N) is 1. The largest absolute Gasteiger partial charge is 0.494 e. The minimum atomic E-state index is -0.187. The molecule has 4 nitrogen and oxygen atoms in total. The molecule has 0 aliphatic heterocycles. The third kappa shape index (κ3) is 6.60. The highest BCUT2D eigenvalue weighted by atomic mass is 35.5. The number of rotatable bonds is 8. The van der Waals surface area contributed by atoms with Crippen LogP contribution >= 0.6 is 12.4 Å². The summed E-state index contributed by atoms with van der Waals surface area (Å²) >= 11 is 0. The first kappa shape index (κ1) is 20.0. The molecule has 0 fully saturated rings. The SMILES string of the molecule is CC(CCOc1ccccc1)C(=O)NCC(N)c1ccccc1.Cl. The van der Waals surface area contributed by atoms with Gasteiger partial charge in [-0.1, -0.05) is 55.5 Å². The Balaban J connectivity index is 0.00000288. The van der Waals surface area contributed by atoms with Crippen molar-refractivity contribution in [2.45, 2.75) is 19.4 Å². The van der Waals surface area contributed by atoms with E-state index in [4.69, 9.17) is 10.5 Å². The number of ether oxygens (including phenoxy) is 1. The van der Waals surface area contributed by atoms with Crippen LogP contribution in [0.4, 0.5) is 0 Å². The molecule has 24 heavy (non-hydrogen) atoms. The van der Waals surface area contributed by atoms with Crippen molar-refractivity contribution in [1.82, 2.24) is 5.32 Å². The van der Waals surface area contributed by atoms with Crippen molar-refractivity contribution < 1.29 is 9.53 Å². The molecule has 2 unspecified atom stereocenters. The van der Waals surface area contributed by atoms with Crippen LogP contribution in [0, 0.1) is 5.92 Å². The molecule has 0 aromatic heterocycles. The zero-order valence-electron chi connectivity index (χ0n) is 13.9. The zero-order valence-corrected chi connectivity index (χ0v) is 14.7. The lowest BCUT2D eigenvalue weighted by Gasteiger charge is -2.16. The third-order valence-electron chi connectivity index (χ3n) is 3.73. The maximum absolute atomic E-state index is 12.1. The fraction of sp³-hybridized carbons (Fsp3) is 0.316. The van der Waals surface area contributed by atoms with Crippen LogP contribution in [0.1, 0.15) is 24.9 Å². The highest BCUT2D eigenvalue weighted by molar-refractivity contribution is 5.85. The first-order valence-electron chi connectivity index (χ1n) is 7.93. The molecule has 2 aromatic carbocycles. The van der Waals surface area contributed by atoms with Crippen LogP contribution < -0.4 is 15.8 Å². The summed E-state index contributed by atoms with van der Waals surface area (Å²) in [6, 6.07) is 19.2. The van der Waals surface area contributed by atoms with Gasteiger partial charge in [-0.2, -0.15) is 0 Å². The summed E-state index contributed by atoms with van der Waals surface area (Å²) in [5.41, 5.74) is 7.10. The first-order chi connectivity index (χ1) is 11.2. The third-order valence-corrected chi connectivity index (χ3v) is 3.73. The molecule has 0 heterocycles. The van der Waals surface area contributed by atoms with Crippen LogP contribution in [0.2, 0.25) is 0 Å². The van der Waals surface area contributed by atoms with Gasteiger partial charge in [0.1, 0.15) is 5.75 Å². The van der Waals surface area contributed by atoms with E-state index in [1.54, 1.807) is 0 Å². The van der Waals surface area contributed by atoms with Gasteiger partial charge >= 0.3 is 0 Å². The minimum absolute atomic E-state index is 0. The number of carbonyl (C=O) groups excluding carboxylic acids is 1. The number of hydrogen-bond donors (Lipinski definition) is 2. The number of halogens is 1. The van der Waals surface area contributed by atoms with E-state index in [0.717, 1.165) is 11.3 Å². The van der Waals surface area contributed by atoms with Crippen LogP contribution in [0.15, 0.2) is 60.7 Å². The van der Waals surface area contributed by atoms with Gasteiger partial charge in [-0.15, -0.1) is 12.4 Å². The van der Waals surface area contributed by atoms with Crippen LogP contribution in [0.5, 0.6) is 5.75 Å². The predicted molar refractivity (Wildman–Crippen MR) is 99.3 cm³/mol. The monoisotopic (exact) mass is 348 g/mol. The number of amides is 1. The number of para-hydroxylation sites is 1. The molecule has 2 atom stereocenters. The number of benzene rings is 2. The molecule has 5 heteroatoms. The maximum Gasteiger partial charge on any atom is 0.223 e. The Hall–Kier alpha value is -2.04. The predicted octanol–water partition coefficient (Wildman–Crippen LogP) is 3.33. The van der Waals surface area contributed by atoms with E-state index in [-0.39, 0.29) is 30.3 Å². The standard InChI is InChI=1S/C19H24N2O2.ClH/c1-15(12-13-23-17-10-6-3-7-11-17)19(22)21-14-18(20)16-8-4-2-5-9-16;/h2-11,15,18H,12-14,20H2,1H3,(H,21,22);1H. The molecule has 1 amide bonds. The highest BCUT2D eigenvalue weighted by Gasteiger charge is 2.14. The van der Waals surface area contributed by atoms with Crippen molar-refractivity contribution in [2.24, 2.45) is 11.7 Å². The lowest BCUT2D eigenvalue weighted by atomic mass is 10.1. The van der Waals surface area contributed by atoms with Crippen molar-refractivity contribution in [1.29, 1.82) is 0 Å². The molecular formula is C19H25ClN2O2. The maximum atomic E-state index is 12.1. The van der Waals surface area contributed by atoms with Gasteiger partial charge in [-0.05, 0) is 24.1 Å². The van der Waals surface area contributed by atoms with Gasteiger partial charge in [0.05, 0.1) is 6.61 Å². The first-order valence-corrected chi connectivity index (χ1v) is 7.93. The Kier molecular flexibility index (Phi) is 8.90. The number of carbonyl (C=O) groups is 1. The molecule has 130 valence electrons. The van der Waals surface area contributed by atoms with E-state index in [1.807, 2.05) is 67.6 Å². The average Bonchev–Trinajstić information content (AvgIpc) is 2.61. The van der Waals surface area contributed by atoms with E-state index < -0.39 is 0 Å². The zero-order chi connectivity index (χ0) is 16.5. The Morgan fingerprint density at radius 1 is 1.08 bits per heavy atom. The molecule has 0 bridgehead atoms. The summed E-state index contributed by atoms with van der Waals surface area (Å²) in [7, 11) is 0. The molecule has 0 radical (unpaired) electrons. The molecule has 0 aliphatic rings. The lowest BCUT2D eigenvalue weighted by Crippen LogP contribution is -2.35. The molecule has 0 saturated carbocycles. The van der Waals surface area contributed by atoms with E-state index in [9.17, 15) is 4.79 Å². The van der Waals surface area contributed by atoms with Crippen LogP contribution in [0.3, 0.4) is 0 Å². The van der Waals surface area contributed by atoms with Gasteiger partial charge in [0.25, 0.3) is 0 Å². The summed E-state index contributed by atoms with van der Waals surface area (Å²) in [4.78, 5) is 12.1. The van der Waals surface area contributed by atoms with Gasteiger partial charge in [-0.25, -0.2) is 0 Å². The van der Waals surface area contributed by atoms with E-state index in [2.05, 4.69) is 5.32 Å². The van der Waals surface area contributed by atoms with Crippen molar-refractivity contribution >= 4 is 18.3 Å². The summed E-state index contributed by atoms with van der Waals surface area (Å²) in [6.45, 7) is 2.85. The van der Waals surface area contributed by atoms with Crippen LogP contribution in [-0.2, 0) is 4.79 Å². The Labute approximate surface area is 149 Å². The molecule has 3 N–H and O–H groups in total. The molecule has 0 spiro atoms. The highest BCUT2D eigenvalue weighted by Crippen LogP contribution is 2.11. The van der Waals surface area contributed by atoms with E-state index >= 15 is 0 Å². The normalized spacial score (nSPS) is 12.6. The fourth-order valence-electron chi connectivity index (χ4n) is 2.20. The minimum Gasteiger partial charge on any atom is -0.494 e. The summed E-state index contributed by atoms with van der Waals surface area (Å²) in [5, 5.41) is 2.91. The molecule has 2 aromatic rings. The average molecular weight is 349 g/mol. The van der Waals surface area contributed by atoms with Gasteiger partial charge < -0.3 is 15.8 Å². The van der Waals surface area contributed by atoms with E-state index in [0.29, 0.717) is 19.6 Å². The van der Waals surface area contributed by atoms with Crippen molar-refractivity contribution in [3.05, 3.63) is 66.2 Å². The van der Waals surface area contributed by atoms with E-state index in [1.165, 1.54) is 0 Å². The molecule has 0 aliphatic carbocycles. The van der Waals surface area contributed by atoms with Gasteiger partial charge in [0, 0.05) is 18.5 Å². The molecule has 0 saturated heterocycles. The number of hydrogen-bond acceptors (Lipinski definition) is 3. The van der Waals surface area contributed by atoms with Crippen molar-refractivity contribution in [3.63, 3.8) is 0 Å². The second-order valence-corrected chi connectivity index (χ2v) is 5.61. The summed E-state index contributed by atoms with van der Waals surface area (Å²) < 4.78 is 5.62. The summed E-state index contributed by atoms with van der Waals surface area (Å²) in [6.07, 6.45) is 0.668. The molecule has 2 rings (SSSR count). The Morgan fingerprint density at radius 3 is 2.29 bits per heavy atom. The smallest absolute Gasteiger partial charge is 0.223 e. The second-order valence-electron chi connectivity index (χ2n) is 5.61. The van der Waals surface area contributed by atoms with Crippen molar-refractivity contribution in [3.8, 4) is 5.75 Å². The van der Waals surface area contributed by atoms with Crippen LogP contribution in [0.25, 0.3) is 0 Å².